The van der Waals surface area contributed by atoms with Gasteiger partial charge >= 0.3 is 0 Å². The van der Waals surface area contributed by atoms with Gasteiger partial charge in [-0.2, -0.15) is 0 Å². The number of unbranched alkanes of at least 4 members (excludes halogenated alkanes) is 1. The minimum atomic E-state index is -0.179. The summed E-state index contributed by atoms with van der Waals surface area (Å²) in [6.07, 6.45) is 16.3. The zero-order chi connectivity index (χ0) is 23.9. The molecule has 0 unspecified atom stereocenters. The first kappa shape index (κ1) is 24.3. The maximum Gasteiger partial charge on any atom is 0.224 e. The molecule has 1 saturated heterocycles. The van der Waals surface area contributed by atoms with E-state index in [-0.39, 0.29) is 46.9 Å². The highest BCUT2D eigenvalue weighted by Gasteiger charge is 2.69. The molecule has 0 aromatic rings. The van der Waals surface area contributed by atoms with Gasteiger partial charge in [0.2, 0.25) is 11.8 Å². The van der Waals surface area contributed by atoms with Crippen molar-refractivity contribution < 1.29 is 9.59 Å². The van der Waals surface area contributed by atoms with E-state index in [9.17, 15) is 9.59 Å². The van der Waals surface area contributed by atoms with Crippen molar-refractivity contribution in [2.24, 2.45) is 40.4 Å². The Labute approximate surface area is 206 Å². The molecule has 190 valence electrons. The average Bonchev–Trinajstić information content (AvgIpc) is 3.16. The lowest BCUT2D eigenvalue weighted by Gasteiger charge is -2.38. The molecule has 4 aliphatic carbocycles. The highest BCUT2D eigenvalue weighted by atomic mass is 16.2. The smallest absolute Gasteiger partial charge is 0.224 e. The Kier molecular flexibility index (Phi) is 6.87. The summed E-state index contributed by atoms with van der Waals surface area (Å²) in [4.78, 5) is 29.5. The van der Waals surface area contributed by atoms with Crippen LogP contribution in [0.2, 0.25) is 0 Å². The molecule has 5 nitrogen and oxygen atoms in total. The van der Waals surface area contributed by atoms with Gasteiger partial charge in [0.15, 0.2) is 0 Å². The quantitative estimate of drug-likeness (QED) is 0.406. The molecule has 3 saturated carbocycles. The lowest BCUT2D eigenvalue weighted by atomic mass is 9.71. The van der Waals surface area contributed by atoms with E-state index in [4.69, 9.17) is 0 Å². The summed E-state index contributed by atoms with van der Waals surface area (Å²) in [5, 5.41) is 6.66. The van der Waals surface area contributed by atoms with Gasteiger partial charge in [-0.25, -0.2) is 0 Å². The molecule has 1 heterocycles. The van der Waals surface area contributed by atoms with Crippen LogP contribution in [0.1, 0.15) is 85.0 Å². The van der Waals surface area contributed by atoms with Gasteiger partial charge in [-0.1, -0.05) is 32.9 Å². The molecule has 0 radical (unpaired) electrons. The van der Waals surface area contributed by atoms with E-state index in [0.717, 1.165) is 44.7 Å². The van der Waals surface area contributed by atoms with Crippen LogP contribution < -0.4 is 10.6 Å². The molecule has 1 spiro atoms. The molecule has 0 aromatic carbocycles. The van der Waals surface area contributed by atoms with Crippen molar-refractivity contribution in [1.82, 2.24) is 15.5 Å². The highest BCUT2D eigenvalue weighted by molar-refractivity contribution is 5.90. The Morgan fingerprint density at radius 3 is 2.12 bits per heavy atom. The Morgan fingerprint density at radius 1 is 0.912 bits per heavy atom. The van der Waals surface area contributed by atoms with Gasteiger partial charge in [0.1, 0.15) is 0 Å². The Morgan fingerprint density at radius 2 is 1.53 bits per heavy atom. The number of allylic oxidation sites excluding steroid dienone is 2. The normalized spacial score (nSPS) is 36.2. The van der Waals surface area contributed by atoms with Crippen LogP contribution >= 0.6 is 0 Å². The SMILES string of the molecule is CC(C)(C)C1CCC(NC(=O)[C@H]2[C@H](C(=O)NCCCCN3CCCC3)[C@H]3C=C[C@@H]2C32CC2)CC1. The number of hydrogen-bond donors (Lipinski definition) is 2. The van der Waals surface area contributed by atoms with Gasteiger partial charge in [-0.05, 0) is 112 Å². The van der Waals surface area contributed by atoms with Crippen LogP contribution in [0, 0.1) is 40.4 Å². The van der Waals surface area contributed by atoms with Crippen LogP contribution in [0.25, 0.3) is 0 Å². The van der Waals surface area contributed by atoms with E-state index in [1.807, 2.05) is 0 Å². The average molecular weight is 470 g/mol. The topological polar surface area (TPSA) is 61.4 Å². The summed E-state index contributed by atoms with van der Waals surface area (Å²) in [7, 11) is 0. The summed E-state index contributed by atoms with van der Waals surface area (Å²) < 4.78 is 0. The summed E-state index contributed by atoms with van der Waals surface area (Å²) in [6, 6.07) is 0.277. The minimum absolute atomic E-state index is 0.126. The van der Waals surface area contributed by atoms with Crippen molar-refractivity contribution in [3.05, 3.63) is 12.2 Å². The van der Waals surface area contributed by atoms with E-state index < -0.39 is 0 Å². The summed E-state index contributed by atoms with van der Waals surface area (Å²) in [6.45, 7) is 11.4. The number of amides is 2. The molecule has 34 heavy (non-hydrogen) atoms. The van der Waals surface area contributed by atoms with Crippen molar-refractivity contribution in [3.8, 4) is 0 Å². The molecule has 0 aromatic heterocycles. The second-order valence-electron chi connectivity index (χ2n) is 13.2. The molecule has 2 bridgehead atoms. The molecular weight excluding hydrogens is 422 g/mol. The predicted molar refractivity (Wildman–Crippen MR) is 136 cm³/mol. The second-order valence-corrected chi connectivity index (χ2v) is 13.2. The highest BCUT2D eigenvalue weighted by Crippen LogP contribution is 2.72. The molecule has 2 N–H and O–H groups in total. The standard InChI is InChI=1S/C29H47N3O2/c1-28(2,3)20-8-10-21(11-9-20)31-27(34)25-23-13-12-22(29(23)14-15-29)24(25)26(33)30-16-4-5-17-32-18-6-7-19-32/h12-13,20-25H,4-11,14-19H2,1-3H3,(H,30,33)(H,31,34)/t20?,21?,22-,23+,24-,25-/m1/s1. The first-order chi connectivity index (χ1) is 16.3. The van der Waals surface area contributed by atoms with Crippen LogP contribution in [0.3, 0.4) is 0 Å². The number of likely N-dealkylation sites (tertiary alicyclic amines) is 1. The van der Waals surface area contributed by atoms with E-state index >= 15 is 0 Å². The van der Waals surface area contributed by atoms with Crippen molar-refractivity contribution in [2.45, 2.75) is 91.0 Å². The summed E-state index contributed by atoms with van der Waals surface area (Å²) in [5.41, 5.74) is 0.560. The van der Waals surface area contributed by atoms with Crippen LogP contribution in [-0.4, -0.2) is 48.9 Å². The van der Waals surface area contributed by atoms with Crippen LogP contribution in [0.5, 0.6) is 0 Å². The number of hydrogen-bond acceptors (Lipinski definition) is 3. The van der Waals surface area contributed by atoms with E-state index in [2.05, 4.69) is 48.5 Å². The fraction of sp³-hybridized carbons (Fsp3) is 0.862. The largest absolute Gasteiger partial charge is 0.356 e. The van der Waals surface area contributed by atoms with Crippen molar-refractivity contribution in [2.75, 3.05) is 26.2 Å². The predicted octanol–water partition coefficient (Wildman–Crippen LogP) is 4.53. The zero-order valence-corrected chi connectivity index (χ0v) is 21.8. The van der Waals surface area contributed by atoms with E-state index in [1.54, 1.807) is 0 Å². The second kappa shape index (κ2) is 9.59. The maximum atomic E-state index is 13.6. The van der Waals surface area contributed by atoms with Gasteiger partial charge in [0.25, 0.3) is 0 Å². The molecule has 2 amide bonds. The Balaban J connectivity index is 1.15. The number of carbonyl (C=O) groups is 2. The third-order valence-corrected chi connectivity index (χ3v) is 10.1. The fourth-order valence-electron chi connectivity index (χ4n) is 7.91. The molecule has 5 rings (SSSR count). The minimum Gasteiger partial charge on any atom is -0.356 e. The van der Waals surface area contributed by atoms with Crippen molar-refractivity contribution >= 4 is 11.8 Å². The number of nitrogens with one attached hydrogen (secondary N) is 2. The molecule has 4 fully saturated rings. The van der Waals surface area contributed by atoms with Crippen molar-refractivity contribution in [3.63, 3.8) is 0 Å². The third kappa shape index (κ3) is 4.70. The third-order valence-electron chi connectivity index (χ3n) is 10.1. The molecule has 4 atom stereocenters. The van der Waals surface area contributed by atoms with Crippen LogP contribution in [0.15, 0.2) is 12.2 Å². The van der Waals surface area contributed by atoms with Crippen molar-refractivity contribution in [1.29, 1.82) is 0 Å². The van der Waals surface area contributed by atoms with Crippen LogP contribution in [-0.2, 0) is 9.59 Å². The molecule has 5 heteroatoms. The lowest BCUT2D eigenvalue weighted by Crippen LogP contribution is -2.48. The fourth-order valence-corrected chi connectivity index (χ4v) is 7.91. The van der Waals surface area contributed by atoms with E-state index in [0.29, 0.717) is 5.41 Å². The van der Waals surface area contributed by atoms with Crippen LogP contribution in [0.4, 0.5) is 0 Å². The monoisotopic (exact) mass is 469 g/mol. The van der Waals surface area contributed by atoms with E-state index in [1.165, 1.54) is 51.6 Å². The number of rotatable bonds is 8. The van der Waals surface area contributed by atoms with Gasteiger partial charge in [-0.15, -0.1) is 0 Å². The first-order valence-electron chi connectivity index (χ1n) is 14.3. The summed E-state index contributed by atoms with van der Waals surface area (Å²) in [5.74, 6) is 1.18. The molecule has 5 aliphatic rings. The van der Waals surface area contributed by atoms with Gasteiger partial charge in [0, 0.05) is 12.6 Å². The van der Waals surface area contributed by atoms with Gasteiger partial charge in [-0.3, -0.25) is 9.59 Å². The first-order valence-corrected chi connectivity index (χ1v) is 14.3. The molecular formula is C29H47N3O2. The lowest BCUT2D eigenvalue weighted by molar-refractivity contribution is -0.136. The number of carbonyl (C=O) groups excluding carboxylic acids is 2. The Bertz CT molecular complexity index is 782. The molecule has 1 aliphatic heterocycles. The summed E-state index contributed by atoms with van der Waals surface area (Å²) >= 11 is 0. The van der Waals surface area contributed by atoms with Gasteiger partial charge < -0.3 is 15.5 Å². The maximum absolute atomic E-state index is 13.6. The zero-order valence-electron chi connectivity index (χ0n) is 21.8. The number of nitrogens with zero attached hydrogens (tertiary/aromatic N) is 1. The Hall–Kier alpha value is -1.36. The van der Waals surface area contributed by atoms with Gasteiger partial charge in [0.05, 0.1) is 11.8 Å².